The molecule has 0 bridgehead atoms. The summed E-state index contributed by atoms with van der Waals surface area (Å²) in [4.78, 5) is 2.33. The van der Waals surface area contributed by atoms with Crippen molar-refractivity contribution in [3.63, 3.8) is 0 Å². The summed E-state index contributed by atoms with van der Waals surface area (Å²) >= 11 is 6.13. The van der Waals surface area contributed by atoms with Gasteiger partial charge in [0.15, 0.2) is 0 Å². The summed E-state index contributed by atoms with van der Waals surface area (Å²) < 4.78 is 5.43. The minimum absolute atomic E-state index is 0.232. The van der Waals surface area contributed by atoms with Gasteiger partial charge in [-0.05, 0) is 37.8 Å². The van der Waals surface area contributed by atoms with Gasteiger partial charge in [-0.2, -0.15) is 0 Å². The molecule has 1 aliphatic rings. The normalized spacial score (nSPS) is 19.3. The fourth-order valence-electron chi connectivity index (χ4n) is 2.64. The predicted molar refractivity (Wildman–Crippen MR) is 74.8 cm³/mol. The minimum atomic E-state index is 0.232. The van der Waals surface area contributed by atoms with Crippen molar-refractivity contribution in [3.05, 3.63) is 22.7 Å². The molecule has 1 N–H and O–H groups in total. The first-order valence-corrected chi connectivity index (χ1v) is 6.76. The van der Waals surface area contributed by atoms with Crippen LogP contribution in [0, 0.1) is 6.92 Å². The Balaban J connectivity index is 2.34. The number of aliphatic hydroxyl groups is 1. The van der Waals surface area contributed by atoms with Gasteiger partial charge in [0.2, 0.25) is 0 Å². The van der Waals surface area contributed by atoms with E-state index in [-0.39, 0.29) is 6.61 Å². The van der Waals surface area contributed by atoms with E-state index in [1.165, 1.54) is 0 Å². The highest BCUT2D eigenvalue weighted by molar-refractivity contribution is 6.31. The second-order valence-corrected chi connectivity index (χ2v) is 5.18. The standard InChI is InChI=1S/C14H20ClNO2/c1-10-8-13(14(18-2)9-12(10)15)16-6-3-4-11(16)5-7-17/h8-9,11,17H,3-7H2,1-2H3. The van der Waals surface area contributed by atoms with Crippen molar-refractivity contribution in [1.29, 1.82) is 0 Å². The van der Waals surface area contributed by atoms with Gasteiger partial charge in [0.25, 0.3) is 0 Å². The molecule has 0 aliphatic carbocycles. The average molecular weight is 270 g/mol. The molecule has 1 aliphatic heterocycles. The predicted octanol–water partition coefficient (Wildman–Crippen LogP) is 3.01. The van der Waals surface area contributed by atoms with Crippen molar-refractivity contribution in [1.82, 2.24) is 0 Å². The molecule has 1 saturated heterocycles. The Hall–Kier alpha value is -0.930. The van der Waals surface area contributed by atoms with Crippen LogP contribution in [0.1, 0.15) is 24.8 Å². The van der Waals surface area contributed by atoms with Gasteiger partial charge in [-0.15, -0.1) is 0 Å². The van der Waals surface area contributed by atoms with Crippen molar-refractivity contribution < 1.29 is 9.84 Å². The zero-order chi connectivity index (χ0) is 13.1. The van der Waals surface area contributed by atoms with Crippen LogP contribution >= 0.6 is 11.6 Å². The summed E-state index contributed by atoms with van der Waals surface area (Å²) in [7, 11) is 1.67. The fraction of sp³-hybridized carbons (Fsp3) is 0.571. The molecule has 100 valence electrons. The molecule has 0 spiro atoms. The van der Waals surface area contributed by atoms with Crippen LogP contribution in [-0.4, -0.2) is 31.4 Å². The number of benzene rings is 1. The summed E-state index contributed by atoms with van der Waals surface area (Å²) in [5.41, 5.74) is 2.15. The van der Waals surface area contributed by atoms with E-state index >= 15 is 0 Å². The number of ether oxygens (including phenoxy) is 1. The number of halogens is 1. The van der Waals surface area contributed by atoms with Gasteiger partial charge in [0.1, 0.15) is 5.75 Å². The zero-order valence-electron chi connectivity index (χ0n) is 10.9. The third kappa shape index (κ3) is 2.57. The van der Waals surface area contributed by atoms with Gasteiger partial charge in [-0.3, -0.25) is 0 Å². The number of hydrogen-bond donors (Lipinski definition) is 1. The van der Waals surface area contributed by atoms with Gasteiger partial charge < -0.3 is 14.7 Å². The lowest BCUT2D eigenvalue weighted by molar-refractivity contribution is 0.275. The number of hydrogen-bond acceptors (Lipinski definition) is 3. The summed E-state index contributed by atoms with van der Waals surface area (Å²) in [6.45, 7) is 3.25. The Bertz CT molecular complexity index is 423. The summed E-state index contributed by atoms with van der Waals surface area (Å²) in [5, 5.41) is 9.87. The highest BCUT2D eigenvalue weighted by Crippen LogP contribution is 2.37. The van der Waals surface area contributed by atoms with Crippen molar-refractivity contribution in [3.8, 4) is 5.75 Å². The van der Waals surface area contributed by atoms with Gasteiger partial charge in [0.05, 0.1) is 12.8 Å². The van der Waals surface area contributed by atoms with Crippen LogP contribution in [0.3, 0.4) is 0 Å². The Morgan fingerprint density at radius 2 is 2.28 bits per heavy atom. The Morgan fingerprint density at radius 1 is 1.50 bits per heavy atom. The first-order valence-electron chi connectivity index (χ1n) is 6.39. The third-order valence-electron chi connectivity index (χ3n) is 3.61. The number of aliphatic hydroxyl groups excluding tert-OH is 1. The second-order valence-electron chi connectivity index (χ2n) is 4.77. The molecule has 0 saturated carbocycles. The third-order valence-corrected chi connectivity index (χ3v) is 4.02. The van der Waals surface area contributed by atoms with Gasteiger partial charge in [-0.1, -0.05) is 11.6 Å². The fourth-order valence-corrected chi connectivity index (χ4v) is 2.79. The number of anilines is 1. The first kappa shape index (κ1) is 13.5. The van der Waals surface area contributed by atoms with Crippen molar-refractivity contribution >= 4 is 17.3 Å². The maximum Gasteiger partial charge on any atom is 0.143 e. The lowest BCUT2D eigenvalue weighted by atomic mass is 10.1. The first-order chi connectivity index (χ1) is 8.67. The maximum absolute atomic E-state index is 9.14. The van der Waals surface area contributed by atoms with E-state index in [9.17, 15) is 0 Å². The number of aryl methyl sites for hydroxylation is 1. The zero-order valence-corrected chi connectivity index (χ0v) is 11.7. The SMILES string of the molecule is COc1cc(Cl)c(C)cc1N1CCCC1CCO. The van der Waals surface area contributed by atoms with Crippen LogP contribution in [0.15, 0.2) is 12.1 Å². The molecule has 1 atom stereocenters. The molecule has 3 nitrogen and oxygen atoms in total. The van der Waals surface area contributed by atoms with Gasteiger partial charge in [-0.25, -0.2) is 0 Å². The van der Waals surface area contributed by atoms with E-state index in [1.807, 2.05) is 13.0 Å². The van der Waals surface area contributed by atoms with Crippen molar-refractivity contribution in [2.75, 3.05) is 25.2 Å². The smallest absolute Gasteiger partial charge is 0.143 e. The van der Waals surface area contributed by atoms with Crippen LogP contribution in [0.25, 0.3) is 0 Å². The molecular weight excluding hydrogens is 250 g/mol. The quantitative estimate of drug-likeness (QED) is 0.912. The molecule has 0 aromatic heterocycles. The number of nitrogens with zero attached hydrogens (tertiary/aromatic N) is 1. The van der Waals surface area contributed by atoms with Gasteiger partial charge in [0, 0.05) is 30.3 Å². The largest absolute Gasteiger partial charge is 0.495 e. The molecule has 1 unspecified atom stereocenters. The van der Waals surface area contributed by atoms with E-state index in [0.717, 1.165) is 47.8 Å². The Kier molecular flexibility index (Phi) is 4.36. The topological polar surface area (TPSA) is 32.7 Å². The Morgan fingerprint density at radius 3 is 2.94 bits per heavy atom. The summed E-state index contributed by atoms with van der Waals surface area (Å²) in [5.74, 6) is 0.815. The van der Waals surface area contributed by atoms with E-state index in [4.69, 9.17) is 21.4 Å². The molecule has 4 heteroatoms. The molecule has 1 aromatic carbocycles. The van der Waals surface area contributed by atoms with Crippen LogP contribution < -0.4 is 9.64 Å². The molecule has 2 rings (SSSR count). The monoisotopic (exact) mass is 269 g/mol. The summed E-state index contributed by atoms with van der Waals surface area (Å²) in [6.07, 6.45) is 3.10. The molecule has 0 amide bonds. The lowest BCUT2D eigenvalue weighted by Crippen LogP contribution is -2.30. The van der Waals surface area contributed by atoms with E-state index < -0.39 is 0 Å². The summed E-state index contributed by atoms with van der Waals surface area (Å²) in [6, 6.07) is 4.36. The molecule has 1 heterocycles. The van der Waals surface area contributed by atoms with Crippen LogP contribution in [0.5, 0.6) is 5.75 Å². The van der Waals surface area contributed by atoms with E-state index in [1.54, 1.807) is 7.11 Å². The lowest BCUT2D eigenvalue weighted by Gasteiger charge is -2.28. The highest BCUT2D eigenvalue weighted by atomic mass is 35.5. The second kappa shape index (κ2) is 5.81. The number of rotatable bonds is 4. The van der Waals surface area contributed by atoms with Crippen molar-refractivity contribution in [2.45, 2.75) is 32.2 Å². The molecule has 1 fully saturated rings. The molecule has 0 radical (unpaired) electrons. The van der Waals surface area contributed by atoms with Crippen molar-refractivity contribution in [2.24, 2.45) is 0 Å². The van der Waals surface area contributed by atoms with Crippen LogP contribution in [0.4, 0.5) is 5.69 Å². The molecule has 18 heavy (non-hydrogen) atoms. The highest BCUT2D eigenvalue weighted by Gasteiger charge is 2.26. The van der Waals surface area contributed by atoms with Gasteiger partial charge >= 0.3 is 0 Å². The minimum Gasteiger partial charge on any atom is -0.495 e. The number of methoxy groups -OCH3 is 1. The van der Waals surface area contributed by atoms with Crippen LogP contribution in [0.2, 0.25) is 5.02 Å². The Labute approximate surface area is 113 Å². The molecular formula is C14H20ClNO2. The van der Waals surface area contributed by atoms with E-state index in [0.29, 0.717) is 6.04 Å². The maximum atomic E-state index is 9.14. The van der Waals surface area contributed by atoms with Crippen LogP contribution in [-0.2, 0) is 0 Å². The average Bonchev–Trinajstić information content (AvgIpc) is 2.80. The van der Waals surface area contributed by atoms with E-state index in [2.05, 4.69) is 11.0 Å². The molecule has 1 aromatic rings.